The molecule has 2 saturated heterocycles. The highest BCUT2D eigenvalue weighted by atomic mass is 32.1. The van der Waals surface area contributed by atoms with E-state index in [1.54, 1.807) is 11.8 Å². The van der Waals surface area contributed by atoms with E-state index in [1.165, 1.54) is 0 Å². The van der Waals surface area contributed by atoms with Gasteiger partial charge in [-0.15, -0.1) is 0 Å². The molecule has 0 amide bonds. The van der Waals surface area contributed by atoms with Gasteiger partial charge in [-0.05, 0) is 31.1 Å². The van der Waals surface area contributed by atoms with Crippen LogP contribution in [0.15, 0.2) is 22.9 Å². The molecule has 24 heavy (non-hydrogen) atoms. The zero-order valence-corrected chi connectivity index (χ0v) is 13.9. The molecule has 1 aromatic heterocycles. The Kier molecular flexibility index (Phi) is 3.21. The smallest absolute Gasteiger partial charge is 0.201 e. The first-order valence-electron chi connectivity index (χ1n) is 7.60. The molecule has 0 aliphatic carbocycles. The van der Waals surface area contributed by atoms with E-state index in [9.17, 15) is 9.65 Å². The number of anilines is 1. The Morgan fingerprint density at radius 2 is 2.08 bits per heavy atom. The second kappa shape index (κ2) is 5.18. The fourth-order valence-corrected chi connectivity index (χ4v) is 3.62. The summed E-state index contributed by atoms with van der Waals surface area (Å²) in [5.74, 6) is 0.379. The lowest BCUT2D eigenvalue weighted by Crippen LogP contribution is -2.42. The Balaban J connectivity index is 1.94. The largest absolute Gasteiger partial charge is 0.440 e. The molecule has 0 bridgehead atoms. The molecule has 0 N–H and O–H groups in total. The molecular formula is C16H14FN5OS. The van der Waals surface area contributed by atoms with Crippen LogP contribution in [0.2, 0.25) is 0 Å². The van der Waals surface area contributed by atoms with Gasteiger partial charge >= 0.3 is 0 Å². The summed E-state index contributed by atoms with van der Waals surface area (Å²) in [7, 11) is 0. The first-order valence-corrected chi connectivity index (χ1v) is 8.01. The maximum atomic E-state index is 14.8. The quantitative estimate of drug-likeness (QED) is 0.738. The summed E-state index contributed by atoms with van der Waals surface area (Å²) in [5.41, 5.74) is 0.848. The number of rotatable bonds is 1. The molecule has 2 aromatic rings. The third kappa shape index (κ3) is 1.91. The minimum atomic E-state index is -0.572. The van der Waals surface area contributed by atoms with Crippen molar-refractivity contribution in [1.29, 1.82) is 5.26 Å². The minimum Gasteiger partial charge on any atom is -0.440 e. The second-order valence-corrected chi connectivity index (χ2v) is 6.13. The van der Waals surface area contributed by atoms with Crippen LogP contribution in [0.1, 0.15) is 24.3 Å². The number of thiocarbonyl (C=S) groups is 1. The third-order valence-corrected chi connectivity index (χ3v) is 4.69. The minimum absolute atomic E-state index is 0.112. The van der Waals surface area contributed by atoms with Crippen molar-refractivity contribution in [2.75, 3.05) is 18.0 Å². The predicted molar refractivity (Wildman–Crippen MR) is 90.3 cm³/mol. The van der Waals surface area contributed by atoms with Gasteiger partial charge in [-0.25, -0.2) is 9.37 Å². The van der Waals surface area contributed by atoms with Gasteiger partial charge in [0.2, 0.25) is 5.11 Å². The van der Waals surface area contributed by atoms with E-state index in [-0.39, 0.29) is 22.4 Å². The van der Waals surface area contributed by atoms with E-state index in [4.69, 9.17) is 16.6 Å². The highest BCUT2D eigenvalue weighted by Crippen LogP contribution is 2.39. The van der Waals surface area contributed by atoms with Crippen molar-refractivity contribution in [1.82, 2.24) is 15.0 Å². The monoisotopic (exact) mass is 343 g/mol. The summed E-state index contributed by atoms with van der Waals surface area (Å²) in [6.07, 6.45) is 2.05. The van der Waals surface area contributed by atoms with E-state index in [1.807, 2.05) is 16.1 Å². The molecule has 122 valence electrons. The van der Waals surface area contributed by atoms with Gasteiger partial charge in [0, 0.05) is 20.0 Å². The predicted octanol–water partition coefficient (Wildman–Crippen LogP) is 3.04. The van der Waals surface area contributed by atoms with Crippen LogP contribution in [0, 0.1) is 24.1 Å². The van der Waals surface area contributed by atoms with Gasteiger partial charge in [-0.2, -0.15) is 5.26 Å². The maximum absolute atomic E-state index is 14.8. The van der Waals surface area contributed by atoms with Gasteiger partial charge < -0.3 is 4.42 Å². The molecule has 3 heterocycles. The maximum Gasteiger partial charge on any atom is 0.201 e. The van der Waals surface area contributed by atoms with Crippen molar-refractivity contribution in [3.05, 3.63) is 35.7 Å². The van der Waals surface area contributed by atoms with E-state index in [2.05, 4.69) is 11.6 Å². The highest BCUT2D eigenvalue weighted by molar-refractivity contribution is 7.80. The molecule has 0 unspecified atom stereocenters. The second-order valence-electron chi connectivity index (χ2n) is 5.76. The number of hydrogen-bond acceptors (Lipinski definition) is 5. The number of benzene rings is 1. The van der Waals surface area contributed by atoms with Crippen LogP contribution in [-0.2, 0) is 0 Å². The fraction of sp³-hybridized carbons (Fsp3) is 0.312. The number of fused-ring (bicyclic) bond motifs is 2. The van der Waals surface area contributed by atoms with Gasteiger partial charge in [-0.3, -0.25) is 14.9 Å². The Hall–Kier alpha value is -2.66. The van der Waals surface area contributed by atoms with E-state index >= 15 is 0 Å². The fourth-order valence-electron chi connectivity index (χ4n) is 3.24. The summed E-state index contributed by atoms with van der Waals surface area (Å²) >= 11 is 5.55. The standard InChI is InChI=1S/C16H14FN5OS/c1-9-19-13-14(12(17)7-11(8-18)15(13)23-9)22-10(2)20-5-3-4-6-21(20)16(22)24/h7H,2-6H2,1H3. The van der Waals surface area contributed by atoms with Crippen molar-refractivity contribution >= 4 is 34.1 Å². The van der Waals surface area contributed by atoms with Gasteiger partial charge in [0.05, 0.1) is 0 Å². The van der Waals surface area contributed by atoms with E-state index in [0.717, 1.165) is 32.0 Å². The van der Waals surface area contributed by atoms with E-state index in [0.29, 0.717) is 16.8 Å². The van der Waals surface area contributed by atoms with E-state index < -0.39 is 5.82 Å². The molecule has 8 heteroatoms. The lowest BCUT2D eigenvalue weighted by molar-refractivity contribution is 0.0757. The van der Waals surface area contributed by atoms with Crippen molar-refractivity contribution in [3.63, 3.8) is 0 Å². The molecule has 0 spiro atoms. The molecule has 0 radical (unpaired) electrons. The Labute approximate surface area is 143 Å². The summed E-state index contributed by atoms with van der Waals surface area (Å²) in [4.78, 5) is 5.86. The summed E-state index contributed by atoms with van der Waals surface area (Å²) in [5, 5.41) is 13.6. The van der Waals surface area contributed by atoms with Crippen LogP contribution in [0.3, 0.4) is 0 Å². The van der Waals surface area contributed by atoms with Gasteiger partial charge in [0.25, 0.3) is 0 Å². The number of halogens is 1. The lowest BCUT2D eigenvalue weighted by Gasteiger charge is -2.33. The van der Waals surface area contributed by atoms with Crippen molar-refractivity contribution < 1.29 is 8.81 Å². The molecule has 2 aliphatic rings. The summed E-state index contributed by atoms with van der Waals surface area (Å²) < 4.78 is 20.3. The number of nitriles is 1. The normalized spacial score (nSPS) is 17.6. The first kappa shape index (κ1) is 14.9. The third-order valence-electron chi connectivity index (χ3n) is 4.29. The molecule has 2 fully saturated rings. The first-order chi connectivity index (χ1) is 11.5. The van der Waals surface area contributed by atoms with Crippen LogP contribution in [0.4, 0.5) is 10.1 Å². The number of hydrazine groups is 1. The number of nitrogens with zero attached hydrogens (tertiary/aromatic N) is 5. The van der Waals surface area contributed by atoms with Gasteiger partial charge in [0.1, 0.15) is 28.7 Å². The van der Waals surface area contributed by atoms with Crippen molar-refractivity contribution in [3.8, 4) is 6.07 Å². The van der Waals surface area contributed by atoms with Crippen LogP contribution in [0.5, 0.6) is 0 Å². The van der Waals surface area contributed by atoms with Gasteiger partial charge in [-0.1, -0.05) is 6.58 Å². The average Bonchev–Trinajstić information content (AvgIpc) is 3.07. The number of aromatic nitrogens is 1. The molecule has 0 atom stereocenters. The molecule has 0 saturated carbocycles. The number of aryl methyl sites for hydroxylation is 1. The van der Waals surface area contributed by atoms with Crippen LogP contribution in [-0.4, -0.2) is 33.2 Å². The Bertz CT molecular complexity index is 907. The van der Waals surface area contributed by atoms with Crippen LogP contribution >= 0.6 is 12.2 Å². The Morgan fingerprint density at radius 3 is 2.75 bits per heavy atom. The highest BCUT2D eigenvalue weighted by Gasteiger charge is 2.40. The van der Waals surface area contributed by atoms with Gasteiger partial charge in [0.15, 0.2) is 17.3 Å². The molecule has 1 aromatic carbocycles. The zero-order valence-electron chi connectivity index (χ0n) is 13.0. The topological polar surface area (TPSA) is 59.5 Å². The summed E-state index contributed by atoms with van der Waals surface area (Å²) in [6.45, 7) is 7.29. The van der Waals surface area contributed by atoms with Crippen LogP contribution in [0.25, 0.3) is 11.1 Å². The van der Waals surface area contributed by atoms with Crippen molar-refractivity contribution in [2.45, 2.75) is 19.8 Å². The average molecular weight is 343 g/mol. The SMILES string of the molecule is C=C1N(c2c(F)cc(C#N)c3oc(C)nc23)C(=S)N2CCCCN12. The summed E-state index contributed by atoms with van der Waals surface area (Å²) in [6, 6.07) is 3.10. The zero-order chi connectivity index (χ0) is 17.0. The van der Waals surface area contributed by atoms with Crippen LogP contribution < -0.4 is 4.90 Å². The molecular weight excluding hydrogens is 329 g/mol. The Morgan fingerprint density at radius 1 is 1.38 bits per heavy atom. The molecule has 2 aliphatic heterocycles. The van der Waals surface area contributed by atoms with Crippen molar-refractivity contribution in [2.24, 2.45) is 0 Å². The lowest BCUT2D eigenvalue weighted by atomic mass is 10.1. The molecule has 4 rings (SSSR count). The number of hydrogen-bond donors (Lipinski definition) is 0. The number of oxazole rings is 1. The molecule has 6 nitrogen and oxygen atoms in total.